The monoisotopic (exact) mass is 327 g/mol. The van der Waals surface area contributed by atoms with Crippen LogP contribution in [0.1, 0.15) is 28.8 Å². The van der Waals surface area contributed by atoms with Gasteiger partial charge in [-0.25, -0.2) is 4.79 Å². The lowest BCUT2D eigenvalue weighted by atomic mass is 9.80. The van der Waals surface area contributed by atoms with Crippen LogP contribution in [0.3, 0.4) is 0 Å². The maximum absolute atomic E-state index is 11.9. The van der Waals surface area contributed by atoms with E-state index < -0.39 is 0 Å². The zero-order valence-electron chi connectivity index (χ0n) is 14.2. The van der Waals surface area contributed by atoms with Gasteiger partial charge in [0.25, 0.3) is 0 Å². The summed E-state index contributed by atoms with van der Waals surface area (Å²) < 4.78 is 4.84. The van der Waals surface area contributed by atoms with Crippen LogP contribution in [0, 0.1) is 23.7 Å². The van der Waals surface area contributed by atoms with Gasteiger partial charge in [0.15, 0.2) is 0 Å². The average molecular weight is 327 g/mol. The molecule has 24 heavy (non-hydrogen) atoms. The highest BCUT2D eigenvalue weighted by Gasteiger charge is 2.34. The Labute approximate surface area is 143 Å². The lowest BCUT2D eigenvalue weighted by Crippen LogP contribution is -2.51. The molecule has 0 aromatic heterocycles. The summed E-state index contributed by atoms with van der Waals surface area (Å²) in [6.07, 6.45) is 2.57. The standard InChI is InChI=1S/C19H25N3O2/c1-24-19(23)18-5-4-17(11-15(18)3-2-8-20)22-12-16(13-22)14-6-9-21-10-7-14/h4-5,11,14,16,21H,6-10,12-13,20H2,1H3. The minimum absolute atomic E-state index is 0.270. The van der Waals surface area contributed by atoms with Crippen LogP contribution in [0.5, 0.6) is 0 Å². The predicted octanol–water partition coefficient (Wildman–Crippen LogP) is 1.22. The van der Waals surface area contributed by atoms with E-state index in [4.69, 9.17) is 10.5 Å². The van der Waals surface area contributed by atoms with E-state index in [9.17, 15) is 4.79 Å². The third-order valence-corrected chi connectivity index (χ3v) is 5.06. The summed E-state index contributed by atoms with van der Waals surface area (Å²) >= 11 is 0. The van der Waals surface area contributed by atoms with Gasteiger partial charge in [0.2, 0.25) is 0 Å². The summed E-state index contributed by atoms with van der Waals surface area (Å²) in [5, 5.41) is 3.43. The van der Waals surface area contributed by atoms with Crippen LogP contribution in [0.2, 0.25) is 0 Å². The number of ether oxygens (including phenoxy) is 1. The van der Waals surface area contributed by atoms with Gasteiger partial charge in [-0.2, -0.15) is 0 Å². The number of piperidine rings is 1. The lowest BCUT2D eigenvalue weighted by Gasteiger charge is -2.46. The van der Waals surface area contributed by atoms with E-state index in [2.05, 4.69) is 22.1 Å². The van der Waals surface area contributed by atoms with Gasteiger partial charge >= 0.3 is 5.97 Å². The molecule has 2 fully saturated rings. The van der Waals surface area contributed by atoms with Gasteiger partial charge in [-0.15, -0.1) is 0 Å². The molecule has 2 heterocycles. The summed E-state index contributed by atoms with van der Waals surface area (Å²) in [5.74, 6) is 7.09. The number of nitrogens with one attached hydrogen (secondary N) is 1. The van der Waals surface area contributed by atoms with E-state index in [0.717, 1.165) is 43.7 Å². The van der Waals surface area contributed by atoms with Crippen LogP contribution in [0.4, 0.5) is 5.69 Å². The first-order valence-corrected chi connectivity index (χ1v) is 8.60. The quantitative estimate of drug-likeness (QED) is 0.645. The Morgan fingerprint density at radius 2 is 2.08 bits per heavy atom. The highest BCUT2D eigenvalue weighted by molar-refractivity contribution is 5.93. The van der Waals surface area contributed by atoms with Crippen molar-refractivity contribution in [1.29, 1.82) is 0 Å². The largest absolute Gasteiger partial charge is 0.465 e. The minimum Gasteiger partial charge on any atom is -0.465 e. The third-order valence-electron chi connectivity index (χ3n) is 5.06. The molecule has 3 N–H and O–H groups in total. The molecule has 0 bridgehead atoms. The fourth-order valence-corrected chi connectivity index (χ4v) is 3.60. The van der Waals surface area contributed by atoms with Crippen molar-refractivity contribution in [3.05, 3.63) is 29.3 Å². The van der Waals surface area contributed by atoms with Gasteiger partial charge in [0.1, 0.15) is 0 Å². The molecule has 128 valence electrons. The third kappa shape index (κ3) is 3.55. The van der Waals surface area contributed by atoms with Crippen LogP contribution in [-0.4, -0.2) is 45.8 Å². The van der Waals surface area contributed by atoms with Crippen LogP contribution in [0.25, 0.3) is 0 Å². The summed E-state index contributed by atoms with van der Waals surface area (Å²) in [5.41, 5.74) is 7.77. The van der Waals surface area contributed by atoms with Crippen molar-refractivity contribution in [1.82, 2.24) is 5.32 Å². The number of nitrogens with zero attached hydrogens (tertiary/aromatic N) is 1. The lowest BCUT2D eigenvalue weighted by molar-refractivity contribution is 0.0600. The maximum Gasteiger partial charge on any atom is 0.339 e. The molecule has 5 nitrogen and oxygen atoms in total. The number of carbonyl (C=O) groups excluding carboxylic acids is 1. The molecule has 3 rings (SSSR count). The Bertz CT molecular complexity index is 650. The Morgan fingerprint density at radius 1 is 1.33 bits per heavy atom. The molecule has 2 saturated heterocycles. The number of benzene rings is 1. The number of hydrogen-bond donors (Lipinski definition) is 2. The molecule has 1 aromatic carbocycles. The molecule has 0 amide bonds. The van der Waals surface area contributed by atoms with Crippen LogP contribution < -0.4 is 16.0 Å². The number of anilines is 1. The average Bonchev–Trinajstić information content (AvgIpc) is 2.59. The minimum atomic E-state index is -0.362. The first kappa shape index (κ1) is 16.8. The highest BCUT2D eigenvalue weighted by atomic mass is 16.5. The molecule has 2 aliphatic rings. The van der Waals surface area contributed by atoms with Gasteiger partial charge in [-0.05, 0) is 56.0 Å². The number of methoxy groups -OCH3 is 1. The fourth-order valence-electron chi connectivity index (χ4n) is 3.60. The van der Waals surface area contributed by atoms with Crippen LogP contribution in [-0.2, 0) is 4.74 Å². The Morgan fingerprint density at radius 3 is 2.75 bits per heavy atom. The highest BCUT2D eigenvalue weighted by Crippen LogP contribution is 2.34. The topological polar surface area (TPSA) is 67.6 Å². The maximum atomic E-state index is 11.9. The van der Waals surface area contributed by atoms with Crippen molar-refractivity contribution >= 4 is 11.7 Å². The molecular formula is C19H25N3O2. The first-order valence-electron chi connectivity index (χ1n) is 8.60. The molecule has 0 radical (unpaired) electrons. The van der Waals surface area contributed by atoms with E-state index in [1.807, 2.05) is 12.1 Å². The summed E-state index contributed by atoms with van der Waals surface area (Å²) in [7, 11) is 1.38. The van der Waals surface area contributed by atoms with E-state index in [1.165, 1.54) is 20.0 Å². The molecule has 0 saturated carbocycles. The number of carbonyl (C=O) groups is 1. The second kappa shape index (κ2) is 7.69. The Balaban J connectivity index is 1.71. The smallest absolute Gasteiger partial charge is 0.339 e. The van der Waals surface area contributed by atoms with Gasteiger partial charge in [-0.1, -0.05) is 11.8 Å². The van der Waals surface area contributed by atoms with Crippen LogP contribution >= 0.6 is 0 Å². The zero-order valence-corrected chi connectivity index (χ0v) is 14.2. The molecule has 1 aromatic rings. The van der Waals surface area contributed by atoms with Crippen molar-refractivity contribution in [3.8, 4) is 11.8 Å². The Kier molecular flexibility index (Phi) is 5.39. The molecule has 0 aliphatic carbocycles. The molecule has 0 atom stereocenters. The van der Waals surface area contributed by atoms with E-state index >= 15 is 0 Å². The van der Waals surface area contributed by atoms with E-state index in [0.29, 0.717) is 11.1 Å². The SMILES string of the molecule is COC(=O)c1ccc(N2CC(C3CCNCC3)C2)cc1C#CCN. The number of esters is 1. The van der Waals surface area contributed by atoms with E-state index in [1.54, 1.807) is 6.07 Å². The van der Waals surface area contributed by atoms with Crippen molar-refractivity contribution in [2.24, 2.45) is 17.6 Å². The normalized spacial score (nSPS) is 18.5. The second-order valence-corrected chi connectivity index (χ2v) is 6.48. The van der Waals surface area contributed by atoms with Crippen molar-refractivity contribution in [2.45, 2.75) is 12.8 Å². The molecule has 0 unspecified atom stereocenters. The number of hydrogen-bond acceptors (Lipinski definition) is 5. The molecule has 2 aliphatic heterocycles. The molecule has 0 spiro atoms. The summed E-state index contributed by atoms with van der Waals surface area (Å²) in [6.45, 7) is 4.74. The number of nitrogens with two attached hydrogens (primary N) is 1. The van der Waals surface area contributed by atoms with Crippen molar-refractivity contribution in [2.75, 3.05) is 44.7 Å². The van der Waals surface area contributed by atoms with Gasteiger partial charge in [0, 0.05) is 24.3 Å². The second-order valence-electron chi connectivity index (χ2n) is 6.48. The van der Waals surface area contributed by atoms with Gasteiger partial charge in [0.05, 0.1) is 19.2 Å². The molecular weight excluding hydrogens is 302 g/mol. The molecule has 5 heteroatoms. The van der Waals surface area contributed by atoms with Gasteiger partial charge < -0.3 is 20.7 Å². The zero-order chi connectivity index (χ0) is 16.9. The summed E-state index contributed by atoms with van der Waals surface area (Å²) in [6, 6.07) is 5.77. The van der Waals surface area contributed by atoms with E-state index in [-0.39, 0.29) is 12.5 Å². The predicted molar refractivity (Wildman–Crippen MR) is 95.0 cm³/mol. The summed E-state index contributed by atoms with van der Waals surface area (Å²) in [4.78, 5) is 14.2. The first-order chi connectivity index (χ1) is 11.7. The van der Waals surface area contributed by atoms with Gasteiger partial charge in [-0.3, -0.25) is 0 Å². The van der Waals surface area contributed by atoms with Crippen LogP contribution in [0.15, 0.2) is 18.2 Å². The fraction of sp³-hybridized carbons (Fsp3) is 0.526. The number of rotatable bonds is 3. The Hall–Kier alpha value is -2.03. The van der Waals surface area contributed by atoms with Crippen molar-refractivity contribution < 1.29 is 9.53 Å². The van der Waals surface area contributed by atoms with Crippen molar-refractivity contribution in [3.63, 3.8) is 0 Å².